The first-order valence-electron chi connectivity index (χ1n) is 8.07. The van der Waals surface area contributed by atoms with E-state index in [0.717, 1.165) is 51.0 Å². The number of carboxylic acid groups (broad SMARTS) is 1. The number of aliphatic hydroxyl groups excluding tert-OH is 1. The average molecular weight is 294 g/mol. The Morgan fingerprint density at radius 2 is 1.62 bits per heavy atom. The highest BCUT2D eigenvalue weighted by Crippen LogP contribution is 2.11. The molecule has 1 unspecified atom stereocenters. The van der Waals surface area contributed by atoms with E-state index in [1.54, 1.807) is 6.08 Å². The Bertz CT molecular complexity index is 329. The van der Waals surface area contributed by atoms with Crippen molar-refractivity contribution in [3.63, 3.8) is 0 Å². The van der Waals surface area contributed by atoms with E-state index in [2.05, 4.69) is 13.0 Å². The van der Waals surface area contributed by atoms with E-state index in [4.69, 9.17) is 5.11 Å². The number of aliphatic hydroxyl groups is 1. The third kappa shape index (κ3) is 16.6. The molecule has 21 heavy (non-hydrogen) atoms. The molecule has 0 aromatic heterocycles. The first kappa shape index (κ1) is 19.7. The van der Waals surface area contributed by atoms with Crippen molar-refractivity contribution in [1.29, 1.82) is 0 Å². The van der Waals surface area contributed by atoms with Crippen molar-refractivity contribution >= 4 is 5.97 Å². The van der Waals surface area contributed by atoms with Gasteiger partial charge in [-0.15, -0.1) is 0 Å². The zero-order valence-corrected chi connectivity index (χ0v) is 13.2. The topological polar surface area (TPSA) is 57.5 Å². The first-order valence-corrected chi connectivity index (χ1v) is 8.07. The number of aliphatic carboxylic acids is 1. The lowest BCUT2D eigenvalue weighted by Crippen LogP contribution is -2.05. The van der Waals surface area contributed by atoms with Crippen molar-refractivity contribution in [2.75, 3.05) is 0 Å². The molecule has 2 N–H and O–H groups in total. The van der Waals surface area contributed by atoms with Crippen LogP contribution in [0, 0.1) is 0 Å². The normalized spacial score (nSPS) is 13.6. The molecule has 1 atom stereocenters. The van der Waals surface area contributed by atoms with Gasteiger partial charge in [0, 0.05) is 6.08 Å². The van der Waals surface area contributed by atoms with Crippen molar-refractivity contribution in [3.05, 3.63) is 36.5 Å². The molecule has 0 aromatic carbocycles. The minimum absolute atomic E-state index is 0.115. The lowest BCUT2D eigenvalue weighted by molar-refractivity contribution is -0.131. The molecule has 120 valence electrons. The number of carboxylic acids is 1. The fourth-order valence-corrected chi connectivity index (χ4v) is 2.03. The van der Waals surface area contributed by atoms with E-state index in [-0.39, 0.29) is 6.10 Å². The highest BCUT2D eigenvalue weighted by Gasteiger charge is 2.02. The summed E-state index contributed by atoms with van der Waals surface area (Å²) >= 11 is 0. The zero-order valence-electron chi connectivity index (χ0n) is 13.2. The first-order chi connectivity index (χ1) is 10.2. The predicted molar refractivity (Wildman–Crippen MR) is 88.3 cm³/mol. The Hall–Kier alpha value is -1.35. The molecule has 3 nitrogen and oxygen atoms in total. The van der Waals surface area contributed by atoms with Crippen molar-refractivity contribution in [1.82, 2.24) is 0 Å². The van der Waals surface area contributed by atoms with Gasteiger partial charge in [-0.05, 0) is 25.7 Å². The molecule has 0 amide bonds. The molecule has 3 heteroatoms. The summed E-state index contributed by atoms with van der Waals surface area (Å²) in [5.74, 6) is -0.930. The van der Waals surface area contributed by atoms with Crippen LogP contribution >= 0.6 is 0 Å². The van der Waals surface area contributed by atoms with E-state index in [1.165, 1.54) is 18.9 Å². The minimum Gasteiger partial charge on any atom is -0.478 e. The maximum atomic E-state index is 10.2. The second kappa shape index (κ2) is 15.0. The van der Waals surface area contributed by atoms with Crippen LogP contribution in [0.2, 0.25) is 0 Å². The molecule has 0 aliphatic heterocycles. The molecule has 0 bridgehead atoms. The maximum Gasteiger partial charge on any atom is 0.328 e. The lowest BCUT2D eigenvalue weighted by atomic mass is 10.0. The second-order valence-electron chi connectivity index (χ2n) is 5.30. The summed E-state index contributed by atoms with van der Waals surface area (Å²) in [6, 6.07) is 0. The summed E-state index contributed by atoms with van der Waals surface area (Å²) < 4.78 is 0. The van der Waals surface area contributed by atoms with Gasteiger partial charge in [0.15, 0.2) is 0 Å². The molecule has 0 aromatic rings. The fourth-order valence-electron chi connectivity index (χ4n) is 2.03. The zero-order chi connectivity index (χ0) is 15.8. The van der Waals surface area contributed by atoms with Crippen molar-refractivity contribution in [2.45, 2.75) is 70.8 Å². The maximum absolute atomic E-state index is 10.2. The van der Waals surface area contributed by atoms with Gasteiger partial charge in [0.05, 0.1) is 6.10 Å². The van der Waals surface area contributed by atoms with Gasteiger partial charge in [-0.1, -0.05) is 69.4 Å². The number of unbranched alkanes of at least 4 members (excludes halogenated alkanes) is 5. The molecule has 0 radical (unpaired) electrons. The van der Waals surface area contributed by atoms with Gasteiger partial charge in [0.1, 0.15) is 0 Å². The van der Waals surface area contributed by atoms with Crippen LogP contribution in [0.3, 0.4) is 0 Å². The standard InChI is InChI=1S/C18H30O3/c1-2-3-11-14-17(19)15-12-9-7-5-4-6-8-10-13-16-18(20)21/h4,6,8,10,13,16-17,19H,2-3,5,7,9,11-12,14-15H2,1H3,(H,20,21). The molecule has 0 saturated heterocycles. The number of hydrogen-bond acceptors (Lipinski definition) is 2. The Labute approximate surface area is 129 Å². The number of hydrogen-bond donors (Lipinski definition) is 2. The quantitative estimate of drug-likeness (QED) is 0.296. The molecule has 0 heterocycles. The van der Waals surface area contributed by atoms with Crippen LogP contribution < -0.4 is 0 Å². The molecular formula is C18H30O3. The molecule has 0 rings (SSSR count). The van der Waals surface area contributed by atoms with Crippen LogP contribution in [0.5, 0.6) is 0 Å². The second-order valence-corrected chi connectivity index (χ2v) is 5.30. The van der Waals surface area contributed by atoms with Crippen LogP contribution in [-0.2, 0) is 4.79 Å². The van der Waals surface area contributed by atoms with E-state index in [1.807, 2.05) is 12.2 Å². The summed E-state index contributed by atoms with van der Waals surface area (Å²) in [6.07, 6.45) is 19.9. The van der Waals surface area contributed by atoms with Crippen LogP contribution in [0.25, 0.3) is 0 Å². The average Bonchev–Trinajstić information content (AvgIpc) is 2.44. The van der Waals surface area contributed by atoms with E-state index < -0.39 is 5.97 Å². The van der Waals surface area contributed by atoms with Crippen LogP contribution in [0.1, 0.15) is 64.7 Å². The summed E-state index contributed by atoms with van der Waals surface area (Å²) in [6.45, 7) is 2.18. The number of rotatable bonds is 13. The van der Waals surface area contributed by atoms with Gasteiger partial charge in [0.2, 0.25) is 0 Å². The molecule has 0 aliphatic carbocycles. The molecule has 0 fully saturated rings. The Balaban J connectivity index is 3.41. The minimum atomic E-state index is -0.930. The molecular weight excluding hydrogens is 264 g/mol. The molecule has 0 aliphatic rings. The van der Waals surface area contributed by atoms with Gasteiger partial charge < -0.3 is 10.2 Å². The van der Waals surface area contributed by atoms with E-state index in [9.17, 15) is 9.90 Å². The summed E-state index contributed by atoms with van der Waals surface area (Å²) in [4.78, 5) is 10.2. The Kier molecular flexibility index (Phi) is 14.1. The smallest absolute Gasteiger partial charge is 0.328 e. The van der Waals surface area contributed by atoms with Gasteiger partial charge in [-0.25, -0.2) is 4.79 Å². The number of allylic oxidation sites excluding steroid dienone is 5. The van der Waals surface area contributed by atoms with Gasteiger partial charge in [-0.2, -0.15) is 0 Å². The lowest BCUT2D eigenvalue weighted by Gasteiger charge is -2.09. The largest absolute Gasteiger partial charge is 0.478 e. The van der Waals surface area contributed by atoms with Crippen molar-refractivity contribution < 1.29 is 15.0 Å². The summed E-state index contributed by atoms with van der Waals surface area (Å²) in [5, 5.41) is 18.1. The van der Waals surface area contributed by atoms with Gasteiger partial charge >= 0.3 is 5.97 Å². The van der Waals surface area contributed by atoms with Crippen molar-refractivity contribution in [2.24, 2.45) is 0 Å². The fraction of sp³-hybridized carbons (Fsp3) is 0.611. The molecule has 0 saturated carbocycles. The summed E-state index contributed by atoms with van der Waals surface area (Å²) in [5.41, 5.74) is 0. The molecule has 0 spiro atoms. The highest BCUT2D eigenvalue weighted by atomic mass is 16.4. The van der Waals surface area contributed by atoms with Crippen LogP contribution in [-0.4, -0.2) is 22.3 Å². The third-order valence-electron chi connectivity index (χ3n) is 3.26. The summed E-state index contributed by atoms with van der Waals surface area (Å²) in [7, 11) is 0. The van der Waals surface area contributed by atoms with Crippen LogP contribution in [0.15, 0.2) is 36.5 Å². The van der Waals surface area contributed by atoms with Crippen molar-refractivity contribution in [3.8, 4) is 0 Å². The SMILES string of the molecule is CCCCCC(O)CCCCCC=CC=CC=CC(=O)O. The Morgan fingerprint density at radius 3 is 2.29 bits per heavy atom. The van der Waals surface area contributed by atoms with Crippen LogP contribution in [0.4, 0.5) is 0 Å². The van der Waals surface area contributed by atoms with Gasteiger partial charge in [-0.3, -0.25) is 0 Å². The number of carbonyl (C=O) groups is 1. The van der Waals surface area contributed by atoms with Gasteiger partial charge in [0.25, 0.3) is 0 Å². The third-order valence-corrected chi connectivity index (χ3v) is 3.26. The predicted octanol–water partition coefficient (Wildman–Crippen LogP) is 4.63. The Morgan fingerprint density at radius 1 is 0.952 bits per heavy atom. The van der Waals surface area contributed by atoms with E-state index >= 15 is 0 Å². The highest BCUT2D eigenvalue weighted by molar-refractivity contribution is 5.80. The monoisotopic (exact) mass is 294 g/mol. The van der Waals surface area contributed by atoms with E-state index in [0.29, 0.717) is 0 Å².